The smallest absolute Gasteiger partial charge is 0.408 e. The molecule has 0 radical (unpaired) electrons. The van der Waals surface area contributed by atoms with Crippen LogP contribution < -0.4 is 5.32 Å². The van der Waals surface area contributed by atoms with Crippen LogP contribution in [0.25, 0.3) is 0 Å². The van der Waals surface area contributed by atoms with Gasteiger partial charge in [-0.1, -0.05) is 11.6 Å². The van der Waals surface area contributed by atoms with Crippen molar-refractivity contribution >= 4 is 29.4 Å². The first-order valence-corrected chi connectivity index (χ1v) is 10.6. The lowest BCUT2D eigenvalue weighted by Crippen LogP contribution is -2.45. The first-order valence-electron chi connectivity index (χ1n) is 10.2. The lowest BCUT2D eigenvalue weighted by molar-refractivity contribution is -0.115. The third-order valence-corrected chi connectivity index (χ3v) is 6.66. The summed E-state index contributed by atoms with van der Waals surface area (Å²) in [5.74, 6) is 0.469. The Hall–Kier alpha value is -2.61. The van der Waals surface area contributed by atoms with E-state index in [0.717, 1.165) is 37.8 Å². The predicted octanol–water partition coefficient (Wildman–Crippen LogP) is 4.12. The summed E-state index contributed by atoms with van der Waals surface area (Å²) in [5, 5.41) is 20.3. The fraction of sp³-hybridized carbons (Fsp3) is 0.524. The molecule has 2 heterocycles. The molecule has 0 aromatic carbocycles. The summed E-state index contributed by atoms with van der Waals surface area (Å²) in [6, 6.07) is 5.34. The van der Waals surface area contributed by atoms with Crippen LogP contribution in [0, 0.1) is 6.92 Å². The van der Waals surface area contributed by atoms with Gasteiger partial charge < -0.3 is 10.4 Å². The Morgan fingerprint density at radius 1 is 1.37 bits per heavy atom. The van der Waals surface area contributed by atoms with Crippen molar-refractivity contribution in [3.05, 3.63) is 40.3 Å². The molecule has 0 unspecified atom stereocenters. The standard InChI is InChI=1S/C21H26ClN5O3/c1-12-16(22)6-4-14(23-12)10-19(28)24-18-11-17(25-26-18)13-3-5-15(9-13)27(20(29)30)21(2)7-8-21/h4,6,11,13,15H,3,5,7-10H2,1-2H3,(H,29,30)(H2,24,25,26,28)/t13-,15+/m0/s1. The van der Waals surface area contributed by atoms with Crippen molar-refractivity contribution in [2.24, 2.45) is 0 Å². The summed E-state index contributed by atoms with van der Waals surface area (Å²) in [6.07, 6.45) is 3.68. The summed E-state index contributed by atoms with van der Waals surface area (Å²) in [6.45, 7) is 3.82. The topological polar surface area (TPSA) is 111 Å². The van der Waals surface area contributed by atoms with Gasteiger partial charge in [-0.15, -0.1) is 0 Å². The molecule has 2 aliphatic carbocycles. The van der Waals surface area contributed by atoms with Crippen molar-refractivity contribution in [2.45, 2.75) is 69.9 Å². The molecule has 160 valence electrons. The molecule has 2 atom stereocenters. The number of aromatic amines is 1. The second-order valence-electron chi connectivity index (χ2n) is 8.62. The molecule has 3 N–H and O–H groups in total. The van der Waals surface area contributed by atoms with Crippen LogP contribution in [0.3, 0.4) is 0 Å². The number of hydrogen-bond donors (Lipinski definition) is 3. The average Bonchev–Trinajstić information content (AvgIpc) is 3.07. The Labute approximate surface area is 180 Å². The molecule has 0 bridgehead atoms. The van der Waals surface area contributed by atoms with Crippen molar-refractivity contribution < 1.29 is 14.7 Å². The van der Waals surface area contributed by atoms with Gasteiger partial charge in [0.05, 0.1) is 22.8 Å². The minimum absolute atomic E-state index is 0.0283. The van der Waals surface area contributed by atoms with Crippen LogP contribution in [0.1, 0.15) is 62.0 Å². The molecule has 9 heteroatoms. The summed E-state index contributed by atoms with van der Waals surface area (Å²) in [4.78, 5) is 30.1. The molecular formula is C21H26ClN5O3. The summed E-state index contributed by atoms with van der Waals surface area (Å²) in [7, 11) is 0. The fourth-order valence-electron chi connectivity index (χ4n) is 4.38. The van der Waals surface area contributed by atoms with E-state index in [1.165, 1.54) is 0 Å². The van der Waals surface area contributed by atoms with Crippen LogP contribution in [0.5, 0.6) is 0 Å². The lowest BCUT2D eigenvalue weighted by atomic mass is 10.0. The second kappa shape index (κ2) is 7.91. The quantitative estimate of drug-likeness (QED) is 0.637. The van der Waals surface area contributed by atoms with Gasteiger partial charge in [-0.3, -0.25) is 19.8 Å². The van der Waals surface area contributed by atoms with E-state index in [0.29, 0.717) is 22.2 Å². The number of anilines is 1. The van der Waals surface area contributed by atoms with E-state index in [4.69, 9.17) is 11.6 Å². The highest BCUT2D eigenvalue weighted by atomic mass is 35.5. The molecule has 2 fully saturated rings. The molecule has 2 saturated carbocycles. The van der Waals surface area contributed by atoms with Crippen LogP contribution in [0.4, 0.5) is 10.6 Å². The number of amides is 2. The monoisotopic (exact) mass is 431 g/mol. The highest BCUT2D eigenvalue weighted by Gasteiger charge is 2.50. The number of aromatic nitrogens is 3. The van der Waals surface area contributed by atoms with Crippen molar-refractivity contribution in [3.8, 4) is 0 Å². The number of carboxylic acid groups (broad SMARTS) is 1. The molecule has 4 rings (SSSR count). The van der Waals surface area contributed by atoms with E-state index in [1.807, 2.05) is 13.0 Å². The normalized spacial score (nSPS) is 22.0. The van der Waals surface area contributed by atoms with Gasteiger partial charge >= 0.3 is 6.09 Å². The van der Waals surface area contributed by atoms with E-state index >= 15 is 0 Å². The SMILES string of the molecule is Cc1nc(CC(=O)Nc2cc([C@H]3CC[C@@H](N(C(=O)O)C4(C)CC4)C3)[nH]n2)ccc1Cl. The maximum absolute atomic E-state index is 12.3. The highest BCUT2D eigenvalue weighted by Crippen LogP contribution is 2.47. The van der Waals surface area contributed by atoms with E-state index in [9.17, 15) is 14.7 Å². The van der Waals surface area contributed by atoms with Crippen LogP contribution in [-0.4, -0.2) is 48.8 Å². The number of carbonyl (C=O) groups is 2. The number of pyridine rings is 1. The Morgan fingerprint density at radius 2 is 2.13 bits per heavy atom. The Morgan fingerprint density at radius 3 is 2.80 bits per heavy atom. The summed E-state index contributed by atoms with van der Waals surface area (Å²) < 4.78 is 0. The number of nitrogens with zero attached hydrogens (tertiary/aromatic N) is 3. The maximum atomic E-state index is 12.3. The number of carbonyl (C=O) groups excluding carboxylic acids is 1. The van der Waals surface area contributed by atoms with Gasteiger partial charge in [-0.05, 0) is 58.1 Å². The Bertz CT molecular complexity index is 971. The fourth-order valence-corrected chi connectivity index (χ4v) is 4.49. The van der Waals surface area contributed by atoms with Gasteiger partial charge in [0.2, 0.25) is 5.91 Å². The van der Waals surface area contributed by atoms with Gasteiger partial charge in [0.15, 0.2) is 5.82 Å². The number of hydrogen-bond acceptors (Lipinski definition) is 4. The lowest BCUT2D eigenvalue weighted by Gasteiger charge is -2.32. The second-order valence-corrected chi connectivity index (χ2v) is 9.02. The largest absolute Gasteiger partial charge is 0.465 e. The zero-order valence-corrected chi connectivity index (χ0v) is 17.9. The molecular weight excluding hydrogens is 406 g/mol. The van der Waals surface area contributed by atoms with E-state index < -0.39 is 6.09 Å². The zero-order valence-electron chi connectivity index (χ0n) is 17.1. The average molecular weight is 432 g/mol. The van der Waals surface area contributed by atoms with E-state index in [1.54, 1.807) is 24.0 Å². The third kappa shape index (κ3) is 4.28. The van der Waals surface area contributed by atoms with Crippen molar-refractivity contribution in [1.82, 2.24) is 20.1 Å². The van der Waals surface area contributed by atoms with Gasteiger partial charge in [0.25, 0.3) is 0 Å². The summed E-state index contributed by atoms with van der Waals surface area (Å²) in [5.41, 5.74) is 2.06. The van der Waals surface area contributed by atoms with Crippen molar-refractivity contribution in [2.75, 3.05) is 5.32 Å². The van der Waals surface area contributed by atoms with Crippen LogP contribution in [-0.2, 0) is 11.2 Å². The minimum Gasteiger partial charge on any atom is -0.465 e. The van der Waals surface area contributed by atoms with Gasteiger partial charge in [-0.2, -0.15) is 5.10 Å². The predicted molar refractivity (Wildman–Crippen MR) is 113 cm³/mol. The van der Waals surface area contributed by atoms with Crippen LogP contribution in [0.2, 0.25) is 5.02 Å². The number of nitrogens with one attached hydrogen (secondary N) is 2. The number of rotatable bonds is 6. The van der Waals surface area contributed by atoms with E-state index in [2.05, 4.69) is 20.5 Å². The van der Waals surface area contributed by atoms with Gasteiger partial charge in [-0.25, -0.2) is 4.79 Å². The molecule has 2 aromatic heterocycles. The molecule has 30 heavy (non-hydrogen) atoms. The number of aryl methyl sites for hydroxylation is 1. The molecule has 2 aromatic rings. The third-order valence-electron chi connectivity index (χ3n) is 6.26. The minimum atomic E-state index is -0.829. The number of halogens is 1. The van der Waals surface area contributed by atoms with Crippen molar-refractivity contribution in [1.29, 1.82) is 0 Å². The highest BCUT2D eigenvalue weighted by molar-refractivity contribution is 6.31. The van der Waals surface area contributed by atoms with Gasteiger partial charge in [0, 0.05) is 29.3 Å². The molecule has 0 saturated heterocycles. The molecule has 2 aliphatic rings. The Balaban J connectivity index is 1.35. The first-order chi connectivity index (χ1) is 14.2. The van der Waals surface area contributed by atoms with Gasteiger partial charge in [0.1, 0.15) is 0 Å². The molecule has 0 spiro atoms. The molecule has 0 aliphatic heterocycles. The van der Waals surface area contributed by atoms with Crippen LogP contribution >= 0.6 is 11.6 Å². The first kappa shape index (κ1) is 20.7. The number of H-pyrrole nitrogens is 1. The summed E-state index contributed by atoms with van der Waals surface area (Å²) >= 11 is 5.97. The van der Waals surface area contributed by atoms with E-state index in [-0.39, 0.29) is 29.8 Å². The van der Waals surface area contributed by atoms with Crippen molar-refractivity contribution in [3.63, 3.8) is 0 Å². The Kier molecular flexibility index (Phi) is 5.44. The molecule has 2 amide bonds. The zero-order chi connectivity index (χ0) is 21.5. The van der Waals surface area contributed by atoms with Crippen LogP contribution in [0.15, 0.2) is 18.2 Å². The maximum Gasteiger partial charge on any atom is 0.408 e. The molecule has 8 nitrogen and oxygen atoms in total.